The average Bonchev–Trinajstić information content (AvgIpc) is 3.14. The molecule has 2 heterocycles. The smallest absolute Gasteiger partial charge is 0.269 e. The standard InChI is InChI=1S/C23H26N4O3S2/c1-4-27-22(30)19-16-10-7-14(3)11-17(16)32-21(19)24-23(27)31-12-18(28)25-26-20(29)15-8-5-13(2)6-9-15/h5-6,8-9,14H,4,7,10-12H2,1-3H3,(H,25,28)(H,26,29). The monoisotopic (exact) mass is 470 g/mol. The van der Waals surface area contributed by atoms with Gasteiger partial charge in [-0.25, -0.2) is 4.98 Å². The number of thioether (sulfide) groups is 1. The number of rotatable bonds is 5. The molecule has 0 fully saturated rings. The van der Waals surface area contributed by atoms with Gasteiger partial charge in [-0.3, -0.25) is 29.8 Å². The van der Waals surface area contributed by atoms with Gasteiger partial charge in [-0.1, -0.05) is 36.4 Å². The first kappa shape index (κ1) is 22.5. The van der Waals surface area contributed by atoms with Crippen LogP contribution in [0, 0.1) is 12.8 Å². The highest BCUT2D eigenvalue weighted by Crippen LogP contribution is 2.36. The van der Waals surface area contributed by atoms with Crippen LogP contribution < -0.4 is 16.4 Å². The maximum absolute atomic E-state index is 13.2. The number of amides is 2. The van der Waals surface area contributed by atoms with Crippen LogP contribution in [0.5, 0.6) is 0 Å². The minimum Gasteiger partial charge on any atom is -0.287 e. The summed E-state index contributed by atoms with van der Waals surface area (Å²) >= 11 is 2.80. The van der Waals surface area contributed by atoms with E-state index in [2.05, 4.69) is 17.8 Å². The molecule has 7 nitrogen and oxygen atoms in total. The van der Waals surface area contributed by atoms with Crippen LogP contribution >= 0.6 is 23.1 Å². The van der Waals surface area contributed by atoms with Crippen molar-refractivity contribution < 1.29 is 9.59 Å². The van der Waals surface area contributed by atoms with Crippen LogP contribution in [0.25, 0.3) is 10.2 Å². The molecule has 9 heteroatoms. The molecule has 0 bridgehead atoms. The molecule has 1 aliphatic carbocycles. The molecule has 1 unspecified atom stereocenters. The Morgan fingerprint density at radius 2 is 2.00 bits per heavy atom. The van der Waals surface area contributed by atoms with E-state index < -0.39 is 0 Å². The second kappa shape index (κ2) is 9.46. The first-order valence-corrected chi connectivity index (χ1v) is 12.5. The number of carbonyl (C=O) groups excluding carboxylic acids is 2. The summed E-state index contributed by atoms with van der Waals surface area (Å²) in [4.78, 5) is 44.4. The zero-order chi connectivity index (χ0) is 22.8. The Bertz CT molecular complexity index is 1230. The van der Waals surface area contributed by atoms with E-state index in [0.717, 1.165) is 40.6 Å². The second-order valence-electron chi connectivity index (χ2n) is 8.13. The summed E-state index contributed by atoms with van der Waals surface area (Å²) in [5, 5.41) is 1.27. The molecule has 32 heavy (non-hydrogen) atoms. The van der Waals surface area contributed by atoms with Gasteiger partial charge < -0.3 is 0 Å². The fourth-order valence-corrected chi connectivity index (χ4v) is 6.15. The van der Waals surface area contributed by atoms with Crippen LogP contribution in [0.2, 0.25) is 0 Å². The first-order chi connectivity index (χ1) is 15.4. The number of hydrogen-bond acceptors (Lipinski definition) is 6. The van der Waals surface area contributed by atoms with Crippen LogP contribution in [0.15, 0.2) is 34.2 Å². The van der Waals surface area contributed by atoms with Gasteiger partial charge in [0.2, 0.25) is 5.91 Å². The lowest BCUT2D eigenvalue weighted by Gasteiger charge is -2.17. The lowest BCUT2D eigenvalue weighted by molar-refractivity contribution is -0.119. The van der Waals surface area contributed by atoms with Crippen molar-refractivity contribution in [3.8, 4) is 0 Å². The lowest BCUT2D eigenvalue weighted by atomic mass is 9.89. The SMILES string of the molecule is CCn1c(SCC(=O)NNC(=O)c2ccc(C)cc2)nc2sc3c(c2c1=O)CCC(C)C3. The molecule has 0 radical (unpaired) electrons. The van der Waals surface area contributed by atoms with Crippen molar-refractivity contribution in [3.05, 3.63) is 56.2 Å². The predicted octanol–water partition coefficient (Wildman–Crippen LogP) is 3.46. The molecule has 2 N–H and O–H groups in total. The van der Waals surface area contributed by atoms with Crippen LogP contribution in [0.3, 0.4) is 0 Å². The van der Waals surface area contributed by atoms with Gasteiger partial charge in [0, 0.05) is 17.0 Å². The van der Waals surface area contributed by atoms with Gasteiger partial charge in [0.25, 0.3) is 11.5 Å². The molecule has 3 aromatic rings. The number of hydrazine groups is 1. The fraction of sp³-hybridized carbons (Fsp3) is 0.391. The molecule has 168 valence electrons. The van der Waals surface area contributed by atoms with Crippen molar-refractivity contribution >= 4 is 45.1 Å². The third-order valence-corrected chi connectivity index (χ3v) is 7.78. The topological polar surface area (TPSA) is 93.1 Å². The zero-order valence-corrected chi connectivity index (χ0v) is 20.0. The van der Waals surface area contributed by atoms with Crippen molar-refractivity contribution in [2.45, 2.75) is 51.7 Å². The molecular weight excluding hydrogens is 444 g/mol. The van der Waals surface area contributed by atoms with Gasteiger partial charge in [-0.2, -0.15) is 0 Å². The van der Waals surface area contributed by atoms with Crippen molar-refractivity contribution in [3.63, 3.8) is 0 Å². The third-order valence-electron chi connectivity index (χ3n) is 5.66. The summed E-state index contributed by atoms with van der Waals surface area (Å²) < 4.78 is 1.64. The van der Waals surface area contributed by atoms with E-state index in [0.29, 0.717) is 23.2 Å². The highest BCUT2D eigenvalue weighted by molar-refractivity contribution is 7.99. The minimum atomic E-state index is -0.383. The molecule has 1 atom stereocenters. The van der Waals surface area contributed by atoms with Crippen molar-refractivity contribution in [2.24, 2.45) is 5.92 Å². The van der Waals surface area contributed by atoms with Gasteiger partial charge in [0.15, 0.2) is 5.16 Å². The first-order valence-electron chi connectivity index (χ1n) is 10.7. The molecule has 2 aromatic heterocycles. The summed E-state index contributed by atoms with van der Waals surface area (Å²) in [6.45, 7) is 6.56. The Balaban J connectivity index is 1.45. The molecule has 0 saturated heterocycles. The predicted molar refractivity (Wildman–Crippen MR) is 128 cm³/mol. The van der Waals surface area contributed by atoms with E-state index >= 15 is 0 Å². The number of aryl methyl sites for hydroxylation is 2. The normalized spacial score (nSPS) is 15.4. The Kier molecular flexibility index (Phi) is 6.66. The number of fused-ring (bicyclic) bond motifs is 3. The zero-order valence-electron chi connectivity index (χ0n) is 18.4. The second-order valence-corrected chi connectivity index (χ2v) is 10.2. The van der Waals surface area contributed by atoms with Gasteiger partial charge in [-0.15, -0.1) is 11.3 Å². The van der Waals surface area contributed by atoms with Gasteiger partial charge in [0.1, 0.15) is 4.83 Å². The molecule has 4 rings (SSSR count). The van der Waals surface area contributed by atoms with Crippen molar-refractivity contribution in [1.82, 2.24) is 20.4 Å². The highest BCUT2D eigenvalue weighted by Gasteiger charge is 2.24. The number of carbonyl (C=O) groups is 2. The van der Waals surface area contributed by atoms with Gasteiger partial charge in [0.05, 0.1) is 11.1 Å². The van der Waals surface area contributed by atoms with E-state index in [1.807, 2.05) is 26.0 Å². The summed E-state index contributed by atoms with van der Waals surface area (Å²) in [5.41, 5.74) is 7.50. The number of nitrogens with one attached hydrogen (secondary N) is 2. The van der Waals surface area contributed by atoms with Crippen LogP contribution in [-0.2, 0) is 24.2 Å². The molecule has 0 spiro atoms. The molecule has 0 aliphatic heterocycles. The summed E-state index contributed by atoms with van der Waals surface area (Å²) in [5.74, 6) is -0.0935. The van der Waals surface area contributed by atoms with Gasteiger partial charge >= 0.3 is 0 Å². The molecular formula is C23H26N4O3S2. The van der Waals surface area contributed by atoms with E-state index in [-0.39, 0.29) is 23.1 Å². The van der Waals surface area contributed by atoms with Gasteiger partial charge in [-0.05, 0) is 56.7 Å². The largest absolute Gasteiger partial charge is 0.287 e. The minimum absolute atomic E-state index is 0.0277. The Morgan fingerprint density at radius 1 is 1.25 bits per heavy atom. The van der Waals surface area contributed by atoms with E-state index in [1.54, 1.807) is 28.0 Å². The quantitative estimate of drug-likeness (QED) is 0.338. The Hall–Kier alpha value is -2.65. The molecule has 2 amide bonds. The number of nitrogens with zero attached hydrogens (tertiary/aromatic N) is 2. The average molecular weight is 471 g/mol. The van der Waals surface area contributed by atoms with E-state index in [1.165, 1.54) is 16.6 Å². The van der Waals surface area contributed by atoms with E-state index in [9.17, 15) is 14.4 Å². The van der Waals surface area contributed by atoms with Crippen molar-refractivity contribution in [1.29, 1.82) is 0 Å². The Labute approximate surface area is 194 Å². The van der Waals surface area contributed by atoms with Crippen molar-refractivity contribution in [2.75, 3.05) is 5.75 Å². The molecule has 0 saturated carbocycles. The highest BCUT2D eigenvalue weighted by atomic mass is 32.2. The van der Waals surface area contributed by atoms with Crippen LogP contribution in [0.1, 0.15) is 46.6 Å². The number of hydrogen-bond donors (Lipinski definition) is 2. The lowest BCUT2D eigenvalue weighted by Crippen LogP contribution is -2.42. The summed E-state index contributed by atoms with van der Waals surface area (Å²) in [6, 6.07) is 7.07. The maximum Gasteiger partial charge on any atom is 0.269 e. The summed E-state index contributed by atoms with van der Waals surface area (Å²) in [7, 11) is 0. The van der Waals surface area contributed by atoms with Crippen LogP contribution in [-0.4, -0.2) is 27.1 Å². The fourth-order valence-electron chi connectivity index (χ4n) is 3.86. The Morgan fingerprint density at radius 3 is 2.72 bits per heavy atom. The molecule has 1 aromatic carbocycles. The van der Waals surface area contributed by atoms with Crippen LogP contribution in [0.4, 0.5) is 0 Å². The number of thiophene rings is 1. The van der Waals surface area contributed by atoms with E-state index in [4.69, 9.17) is 4.98 Å². The molecule has 1 aliphatic rings. The third kappa shape index (κ3) is 4.59. The number of aromatic nitrogens is 2. The summed E-state index contributed by atoms with van der Waals surface area (Å²) in [6.07, 6.45) is 3.01. The number of benzene rings is 1. The maximum atomic E-state index is 13.2.